The van der Waals surface area contributed by atoms with Gasteiger partial charge < -0.3 is 20.3 Å². The molecule has 9 nitrogen and oxygen atoms in total. The topological polar surface area (TPSA) is 129 Å². The van der Waals surface area contributed by atoms with Gasteiger partial charge in [0.05, 0.1) is 25.5 Å². The Kier molecular flexibility index (Phi) is 11.2. The first-order valence-electron chi connectivity index (χ1n) is 11.2. The van der Waals surface area contributed by atoms with Gasteiger partial charge in [-0.25, -0.2) is 9.59 Å². The third kappa shape index (κ3) is 10.4. The van der Waals surface area contributed by atoms with Crippen LogP contribution in [0.25, 0.3) is 0 Å². The molecule has 0 saturated carbocycles. The van der Waals surface area contributed by atoms with Crippen LogP contribution in [0.3, 0.4) is 0 Å². The SMILES string of the molecule is O=C(C[C@]12COC[C@H]1CN(Cc1ccccn1)C2)NCc1cccs1.O=C(O)C(F)(F)F.O=C(O)C(F)(F)F. The maximum absolute atomic E-state index is 12.5. The molecule has 2 aromatic rings. The first-order valence-corrected chi connectivity index (χ1v) is 12.1. The molecule has 0 aromatic carbocycles. The van der Waals surface area contributed by atoms with Gasteiger partial charge >= 0.3 is 24.3 Å². The molecule has 0 aliphatic carbocycles. The van der Waals surface area contributed by atoms with E-state index in [-0.39, 0.29) is 11.3 Å². The summed E-state index contributed by atoms with van der Waals surface area (Å²) in [7, 11) is 0. The summed E-state index contributed by atoms with van der Waals surface area (Å²) in [5.74, 6) is -4.95. The van der Waals surface area contributed by atoms with Gasteiger partial charge in [-0.1, -0.05) is 12.1 Å². The molecule has 2 atom stereocenters. The zero-order chi connectivity index (χ0) is 29.3. The monoisotopic (exact) mass is 585 g/mol. The normalized spacial score (nSPS) is 20.6. The van der Waals surface area contributed by atoms with Crippen molar-refractivity contribution in [3.05, 3.63) is 52.5 Å². The Bertz CT molecular complexity index is 1060. The Morgan fingerprint density at radius 3 is 2.23 bits per heavy atom. The first-order chi connectivity index (χ1) is 18.1. The van der Waals surface area contributed by atoms with Crippen molar-refractivity contribution in [1.29, 1.82) is 0 Å². The molecule has 4 heterocycles. The molecule has 0 bridgehead atoms. The number of halogens is 6. The first kappa shape index (κ1) is 32.0. The summed E-state index contributed by atoms with van der Waals surface area (Å²) in [6.45, 7) is 4.79. The number of nitrogens with one attached hydrogen (secondary N) is 1. The molecule has 2 fully saturated rings. The van der Waals surface area contributed by atoms with Gasteiger partial charge in [-0.05, 0) is 23.6 Å². The van der Waals surface area contributed by atoms with Crippen LogP contribution in [0.2, 0.25) is 0 Å². The predicted molar refractivity (Wildman–Crippen MR) is 124 cm³/mol. The van der Waals surface area contributed by atoms with E-state index < -0.39 is 24.3 Å². The smallest absolute Gasteiger partial charge is 0.475 e. The second-order valence-electron chi connectivity index (χ2n) is 8.70. The van der Waals surface area contributed by atoms with Crippen molar-refractivity contribution in [3.8, 4) is 0 Å². The number of pyridine rings is 1. The molecule has 39 heavy (non-hydrogen) atoms. The van der Waals surface area contributed by atoms with Crippen molar-refractivity contribution in [2.45, 2.75) is 31.9 Å². The second-order valence-corrected chi connectivity index (χ2v) is 9.74. The number of ether oxygens (including phenoxy) is 1. The number of carbonyl (C=O) groups excluding carboxylic acids is 1. The lowest BCUT2D eigenvalue weighted by Gasteiger charge is -2.26. The van der Waals surface area contributed by atoms with Crippen molar-refractivity contribution >= 4 is 29.2 Å². The number of alkyl halides is 6. The van der Waals surface area contributed by atoms with Crippen molar-refractivity contribution in [1.82, 2.24) is 15.2 Å². The number of likely N-dealkylation sites (tertiary alicyclic amines) is 1. The summed E-state index contributed by atoms with van der Waals surface area (Å²) < 4.78 is 69.2. The maximum atomic E-state index is 12.5. The average Bonchev–Trinajstić information content (AvgIpc) is 3.54. The minimum absolute atomic E-state index is 0.0473. The van der Waals surface area contributed by atoms with Crippen LogP contribution < -0.4 is 5.32 Å². The summed E-state index contributed by atoms with van der Waals surface area (Å²) in [6, 6.07) is 10.1. The van der Waals surface area contributed by atoms with Gasteiger partial charge in [-0.2, -0.15) is 26.3 Å². The van der Waals surface area contributed by atoms with E-state index in [1.807, 2.05) is 29.8 Å². The minimum atomic E-state index is -5.08. The van der Waals surface area contributed by atoms with Crippen LogP contribution >= 0.6 is 11.3 Å². The van der Waals surface area contributed by atoms with Crippen molar-refractivity contribution in [2.75, 3.05) is 26.3 Å². The predicted octanol–water partition coefficient (Wildman–Crippen LogP) is 3.56. The van der Waals surface area contributed by atoms with Crippen LogP contribution in [-0.4, -0.2) is 76.6 Å². The van der Waals surface area contributed by atoms with Crippen molar-refractivity contribution in [2.24, 2.45) is 11.3 Å². The van der Waals surface area contributed by atoms with Crippen molar-refractivity contribution < 1.29 is 55.7 Å². The lowest BCUT2D eigenvalue weighted by Crippen LogP contribution is -2.37. The fourth-order valence-electron chi connectivity index (χ4n) is 4.02. The van der Waals surface area contributed by atoms with Gasteiger partial charge in [0.25, 0.3) is 0 Å². The van der Waals surface area contributed by atoms with Crippen LogP contribution in [0.4, 0.5) is 26.3 Å². The van der Waals surface area contributed by atoms with Crippen LogP contribution in [0.5, 0.6) is 0 Å². The molecular formula is C23H25F6N3O6S. The number of carboxylic acid groups (broad SMARTS) is 2. The molecule has 4 rings (SSSR count). The number of thiophene rings is 1. The number of carboxylic acids is 2. The van der Waals surface area contributed by atoms with Crippen LogP contribution in [0.1, 0.15) is 17.0 Å². The number of hydrogen-bond acceptors (Lipinski definition) is 7. The largest absolute Gasteiger partial charge is 0.490 e. The molecular weight excluding hydrogens is 560 g/mol. The van der Waals surface area contributed by atoms with E-state index in [0.717, 1.165) is 31.9 Å². The highest BCUT2D eigenvalue weighted by molar-refractivity contribution is 7.09. The fourth-order valence-corrected chi connectivity index (χ4v) is 4.66. The van der Waals surface area contributed by atoms with E-state index >= 15 is 0 Å². The molecule has 2 aromatic heterocycles. The Hall–Kier alpha value is -3.24. The third-order valence-corrected chi connectivity index (χ3v) is 6.62. The van der Waals surface area contributed by atoms with E-state index in [2.05, 4.69) is 27.3 Å². The molecule has 0 unspecified atom stereocenters. The molecule has 3 N–H and O–H groups in total. The average molecular weight is 586 g/mol. The maximum Gasteiger partial charge on any atom is 0.490 e. The van der Waals surface area contributed by atoms with E-state index in [1.54, 1.807) is 11.3 Å². The summed E-state index contributed by atoms with van der Waals surface area (Å²) in [4.78, 5) is 38.3. The van der Waals surface area contributed by atoms with Gasteiger partial charge in [0, 0.05) is 48.5 Å². The fraction of sp³-hybridized carbons (Fsp3) is 0.478. The second kappa shape index (κ2) is 13.7. The third-order valence-electron chi connectivity index (χ3n) is 5.74. The van der Waals surface area contributed by atoms with E-state index in [0.29, 0.717) is 25.5 Å². The molecule has 216 valence electrons. The Balaban J connectivity index is 0.000000317. The Morgan fingerprint density at radius 1 is 1.08 bits per heavy atom. The molecule has 1 amide bonds. The lowest BCUT2D eigenvalue weighted by molar-refractivity contribution is -0.193. The highest BCUT2D eigenvalue weighted by atomic mass is 32.1. The van der Waals surface area contributed by atoms with Gasteiger partial charge in [0.1, 0.15) is 0 Å². The number of fused-ring (bicyclic) bond motifs is 1. The van der Waals surface area contributed by atoms with Crippen LogP contribution in [-0.2, 0) is 32.2 Å². The summed E-state index contributed by atoms with van der Waals surface area (Å²) in [5.41, 5.74) is 1.04. The van der Waals surface area contributed by atoms with Gasteiger partial charge in [-0.15, -0.1) is 11.3 Å². The zero-order valence-electron chi connectivity index (χ0n) is 20.2. The lowest BCUT2D eigenvalue weighted by atomic mass is 9.78. The zero-order valence-corrected chi connectivity index (χ0v) is 21.0. The number of nitrogens with zero attached hydrogens (tertiary/aromatic N) is 2. The minimum Gasteiger partial charge on any atom is -0.475 e. The Morgan fingerprint density at radius 2 is 1.72 bits per heavy atom. The number of aliphatic carboxylic acids is 2. The highest BCUT2D eigenvalue weighted by Crippen LogP contribution is 2.44. The van der Waals surface area contributed by atoms with E-state index in [9.17, 15) is 31.1 Å². The van der Waals surface area contributed by atoms with Crippen molar-refractivity contribution in [3.63, 3.8) is 0 Å². The summed E-state index contributed by atoms with van der Waals surface area (Å²) >= 11 is 1.67. The van der Waals surface area contributed by atoms with Gasteiger partial charge in [0.2, 0.25) is 5.91 Å². The number of amides is 1. The molecule has 0 spiro atoms. The quantitative estimate of drug-likeness (QED) is 0.439. The summed E-state index contributed by atoms with van der Waals surface area (Å²) in [6.07, 6.45) is -7.79. The van der Waals surface area contributed by atoms with E-state index in [4.69, 9.17) is 24.5 Å². The van der Waals surface area contributed by atoms with E-state index in [1.165, 1.54) is 4.88 Å². The highest BCUT2D eigenvalue weighted by Gasteiger charge is 2.51. The number of aromatic nitrogens is 1. The standard InChI is InChI=1S/C19H23N3O2S.2C2HF3O2/c23-18(21-9-17-5-3-7-25-17)8-19-13-22(10-15(19)12-24-14-19)11-16-4-1-2-6-20-16;2*3-2(4,5)1(6)7/h1-7,15H,8-14H2,(H,21,23);2*(H,6,7)/t15-,19+;;/m1../s1. The molecule has 16 heteroatoms. The number of rotatable bonds is 6. The number of hydrogen-bond donors (Lipinski definition) is 3. The number of carbonyl (C=O) groups is 3. The van der Waals surface area contributed by atoms with Crippen LogP contribution in [0, 0.1) is 11.3 Å². The van der Waals surface area contributed by atoms with Gasteiger partial charge in [0.15, 0.2) is 0 Å². The Labute approximate surface area is 222 Å². The van der Waals surface area contributed by atoms with Gasteiger partial charge in [-0.3, -0.25) is 14.7 Å². The van der Waals surface area contributed by atoms with Crippen LogP contribution in [0.15, 0.2) is 41.9 Å². The molecule has 2 aliphatic rings. The molecule has 0 radical (unpaired) electrons. The summed E-state index contributed by atoms with van der Waals surface area (Å²) in [5, 5.41) is 19.4. The molecule has 2 saturated heterocycles. The molecule has 2 aliphatic heterocycles.